The summed E-state index contributed by atoms with van der Waals surface area (Å²) < 4.78 is 20.5. The number of ketones is 1. The molecule has 39 heavy (non-hydrogen) atoms. The quantitative estimate of drug-likeness (QED) is 0.221. The number of hydrogen-bond acceptors (Lipinski definition) is 9. The number of Topliss-reactive ketones (excluding diaryl/α,β-unsaturated/α-hetero) is 1. The molecule has 2 heterocycles. The van der Waals surface area contributed by atoms with Gasteiger partial charge in [0.25, 0.3) is 0 Å². The summed E-state index contributed by atoms with van der Waals surface area (Å²) in [5.74, 6) is 0.416. The Bertz CT molecular complexity index is 1760. The molecule has 9 heteroatoms. The van der Waals surface area contributed by atoms with Crippen LogP contribution in [0.3, 0.4) is 0 Å². The number of rotatable bonds is 5. The van der Waals surface area contributed by atoms with E-state index in [2.05, 4.69) is 0 Å². The predicted molar refractivity (Wildman–Crippen MR) is 147 cm³/mol. The minimum absolute atomic E-state index is 0. The Hall–Kier alpha value is -5.05. The normalized spacial score (nSPS) is 10.3. The molecule has 0 spiro atoms. The average molecular weight is 533 g/mol. The van der Waals surface area contributed by atoms with E-state index in [1.165, 1.54) is 43.5 Å². The van der Waals surface area contributed by atoms with Crippen molar-refractivity contribution in [3.63, 3.8) is 0 Å². The highest BCUT2D eigenvalue weighted by Crippen LogP contribution is 2.27. The number of carbonyl (C=O) groups is 1. The van der Waals surface area contributed by atoms with E-state index in [-0.39, 0.29) is 37.1 Å². The Morgan fingerprint density at radius 2 is 1.38 bits per heavy atom. The Kier molecular flexibility index (Phi) is 8.77. The van der Waals surface area contributed by atoms with Crippen molar-refractivity contribution in [2.24, 2.45) is 0 Å². The summed E-state index contributed by atoms with van der Waals surface area (Å²) >= 11 is 0. The molecule has 0 aliphatic carbocycles. The molecule has 0 radical (unpaired) electrons. The number of benzene rings is 3. The summed E-state index contributed by atoms with van der Waals surface area (Å²) in [6.45, 7) is 3.45. The van der Waals surface area contributed by atoms with Crippen LogP contribution >= 0.6 is 0 Å². The predicted octanol–water partition coefficient (Wildman–Crippen LogP) is 5.52. The van der Waals surface area contributed by atoms with Gasteiger partial charge in [-0.2, -0.15) is 0 Å². The zero-order valence-corrected chi connectivity index (χ0v) is 20.8. The van der Waals surface area contributed by atoms with Crippen molar-refractivity contribution >= 4 is 27.7 Å². The maximum Gasteiger partial charge on any atom is 0.336 e. The molecule has 2 aromatic heterocycles. The third kappa shape index (κ3) is 6.64. The molecule has 202 valence electrons. The molecule has 0 saturated carbocycles. The molecular weight excluding hydrogens is 504 g/mol. The number of aryl methyl sites for hydroxylation is 2. The average Bonchev–Trinajstić information content (AvgIpc) is 2.87. The van der Waals surface area contributed by atoms with Crippen molar-refractivity contribution in [2.75, 3.05) is 13.7 Å². The van der Waals surface area contributed by atoms with Crippen LogP contribution in [0, 0.1) is 13.8 Å². The first-order valence-corrected chi connectivity index (χ1v) is 11.5. The molecule has 2 N–H and O–H groups in total. The maximum absolute atomic E-state index is 12.2. The molecule has 5 rings (SSSR count). The van der Waals surface area contributed by atoms with Crippen molar-refractivity contribution in [3.05, 3.63) is 104 Å². The second-order valence-corrected chi connectivity index (χ2v) is 8.43. The number of methoxy groups -OCH3 is 1. The number of ether oxygens (including phenoxy) is 2. The number of carbonyl (C=O) groups excluding carboxylic acids is 1. The standard InChI is InChI=1S/C19H16O6.C10H8O3.CH4/c1-11-7-19(22)25-17-9-13(4-5-14(11)17)24-10-16(21)12-3-6-15(20)18(8-12)23-2;1-6-4-10(12)13-9-5-7(11)2-3-8(6)9;/h3-9,20H,10H2,1-2H3;2-5,11H,1H3;1H4. The fraction of sp³-hybridized carbons (Fsp3) is 0.167. The summed E-state index contributed by atoms with van der Waals surface area (Å²) in [6, 6.07) is 17.0. The number of phenols is 2. The monoisotopic (exact) mass is 532 g/mol. The van der Waals surface area contributed by atoms with Crippen LogP contribution in [0.25, 0.3) is 21.9 Å². The topological polar surface area (TPSA) is 136 Å². The van der Waals surface area contributed by atoms with Crippen molar-refractivity contribution < 1.29 is 33.3 Å². The minimum Gasteiger partial charge on any atom is -0.508 e. The van der Waals surface area contributed by atoms with Crippen molar-refractivity contribution in [1.82, 2.24) is 0 Å². The number of fused-ring (bicyclic) bond motifs is 2. The lowest BCUT2D eigenvalue weighted by molar-refractivity contribution is 0.0921. The summed E-state index contributed by atoms with van der Waals surface area (Å²) in [5, 5.41) is 20.4. The van der Waals surface area contributed by atoms with Crippen LogP contribution < -0.4 is 20.7 Å². The van der Waals surface area contributed by atoms with Gasteiger partial charge in [0.15, 0.2) is 23.9 Å². The SMILES string of the molecule is C.COc1cc(C(=O)COc2ccc3c(C)cc(=O)oc3c2)ccc1O.Cc1cc(=O)oc2cc(O)ccc12. The molecule has 5 aromatic rings. The van der Waals surface area contributed by atoms with Gasteiger partial charge in [-0.15, -0.1) is 0 Å². The third-order valence-electron chi connectivity index (χ3n) is 5.73. The van der Waals surface area contributed by atoms with Gasteiger partial charge < -0.3 is 28.5 Å². The van der Waals surface area contributed by atoms with Crippen molar-refractivity contribution in [2.45, 2.75) is 21.3 Å². The second-order valence-electron chi connectivity index (χ2n) is 8.43. The second kappa shape index (κ2) is 12.0. The van der Waals surface area contributed by atoms with Gasteiger partial charge in [-0.25, -0.2) is 9.59 Å². The van der Waals surface area contributed by atoms with E-state index in [4.69, 9.17) is 23.4 Å². The summed E-state index contributed by atoms with van der Waals surface area (Å²) in [7, 11) is 1.41. The highest BCUT2D eigenvalue weighted by molar-refractivity contribution is 5.98. The molecular formula is C30H28O9. The van der Waals surface area contributed by atoms with Gasteiger partial charge in [-0.3, -0.25) is 4.79 Å². The van der Waals surface area contributed by atoms with Crippen LogP contribution in [0.5, 0.6) is 23.0 Å². The molecule has 9 nitrogen and oxygen atoms in total. The van der Waals surface area contributed by atoms with Gasteiger partial charge >= 0.3 is 11.3 Å². The summed E-state index contributed by atoms with van der Waals surface area (Å²) in [6.07, 6.45) is 0. The Balaban J connectivity index is 0.000000253. The first-order chi connectivity index (χ1) is 18.1. The number of aromatic hydroxyl groups is 2. The van der Waals surface area contributed by atoms with E-state index in [9.17, 15) is 19.5 Å². The molecule has 0 aliphatic rings. The zero-order valence-electron chi connectivity index (χ0n) is 20.8. The van der Waals surface area contributed by atoms with Gasteiger partial charge in [0.05, 0.1) is 7.11 Å². The highest BCUT2D eigenvalue weighted by atomic mass is 16.5. The lowest BCUT2D eigenvalue weighted by Gasteiger charge is -2.08. The Morgan fingerprint density at radius 3 is 2.00 bits per heavy atom. The van der Waals surface area contributed by atoms with Gasteiger partial charge in [-0.05, 0) is 67.4 Å². The number of hydrogen-bond donors (Lipinski definition) is 2. The number of phenolic OH excluding ortho intramolecular Hbond substituents is 2. The fourth-order valence-corrected chi connectivity index (χ4v) is 3.79. The van der Waals surface area contributed by atoms with Crippen LogP contribution in [-0.2, 0) is 0 Å². The van der Waals surface area contributed by atoms with Crippen LogP contribution in [0.1, 0.15) is 28.9 Å². The smallest absolute Gasteiger partial charge is 0.336 e. The van der Waals surface area contributed by atoms with Crippen LogP contribution in [0.4, 0.5) is 0 Å². The molecule has 0 unspecified atom stereocenters. The fourth-order valence-electron chi connectivity index (χ4n) is 3.79. The third-order valence-corrected chi connectivity index (χ3v) is 5.73. The molecule has 0 atom stereocenters. The van der Waals surface area contributed by atoms with Crippen LogP contribution in [0.15, 0.2) is 85.2 Å². The van der Waals surface area contributed by atoms with E-state index < -0.39 is 11.3 Å². The van der Waals surface area contributed by atoms with E-state index in [0.717, 1.165) is 21.9 Å². The van der Waals surface area contributed by atoms with Crippen LogP contribution in [-0.4, -0.2) is 29.7 Å². The largest absolute Gasteiger partial charge is 0.508 e. The molecule has 0 bridgehead atoms. The molecule has 0 amide bonds. The highest BCUT2D eigenvalue weighted by Gasteiger charge is 2.12. The van der Waals surface area contributed by atoms with E-state index in [0.29, 0.717) is 22.5 Å². The van der Waals surface area contributed by atoms with E-state index >= 15 is 0 Å². The molecule has 0 saturated heterocycles. The summed E-state index contributed by atoms with van der Waals surface area (Å²) in [5.41, 5.74) is 2.02. The van der Waals surface area contributed by atoms with Gasteiger partial charge in [0.2, 0.25) is 0 Å². The minimum atomic E-state index is -0.436. The van der Waals surface area contributed by atoms with Gasteiger partial charge in [-0.1, -0.05) is 7.43 Å². The van der Waals surface area contributed by atoms with Crippen molar-refractivity contribution in [3.8, 4) is 23.0 Å². The van der Waals surface area contributed by atoms with E-state index in [1.54, 1.807) is 30.3 Å². The molecule has 0 aliphatic heterocycles. The Labute approximate surface area is 223 Å². The molecule has 3 aromatic carbocycles. The lowest BCUT2D eigenvalue weighted by Crippen LogP contribution is -2.11. The lowest BCUT2D eigenvalue weighted by atomic mass is 10.1. The first kappa shape index (κ1) is 28.5. The summed E-state index contributed by atoms with van der Waals surface area (Å²) in [4.78, 5) is 34.7. The first-order valence-electron chi connectivity index (χ1n) is 11.5. The molecule has 0 fully saturated rings. The van der Waals surface area contributed by atoms with Crippen molar-refractivity contribution in [1.29, 1.82) is 0 Å². The van der Waals surface area contributed by atoms with Gasteiger partial charge in [0.1, 0.15) is 22.7 Å². The maximum atomic E-state index is 12.2. The Morgan fingerprint density at radius 1 is 0.795 bits per heavy atom. The zero-order chi connectivity index (χ0) is 27.4. The van der Waals surface area contributed by atoms with Crippen LogP contribution in [0.2, 0.25) is 0 Å². The van der Waals surface area contributed by atoms with Gasteiger partial charge in [0, 0.05) is 40.6 Å². The van der Waals surface area contributed by atoms with E-state index in [1.807, 2.05) is 13.8 Å².